The Kier molecular flexibility index (Phi) is 14.0. The van der Waals surface area contributed by atoms with Crippen LogP contribution >= 0.6 is 11.6 Å². The molecule has 0 fully saturated rings. The summed E-state index contributed by atoms with van der Waals surface area (Å²) < 4.78 is 16.6. The molecule has 0 radical (unpaired) electrons. The van der Waals surface area contributed by atoms with Crippen molar-refractivity contribution >= 4 is 47.0 Å². The van der Waals surface area contributed by atoms with E-state index in [1.807, 2.05) is 0 Å². The quantitative estimate of drug-likeness (QED) is 0.0941. The Balaban J connectivity index is 2.17. The molecule has 1 aliphatic heterocycles. The van der Waals surface area contributed by atoms with Gasteiger partial charge in [0, 0.05) is 48.8 Å². The third kappa shape index (κ3) is 10.2. The van der Waals surface area contributed by atoms with Gasteiger partial charge in [-0.1, -0.05) is 48.9 Å². The van der Waals surface area contributed by atoms with Gasteiger partial charge >= 0.3 is 6.09 Å². The average molecular weight is 698 g/mol. The number of phenolic OH excluding ortho intramolecular Hbond substituents is 2. The number of aliphatic hydroxyl groups is 1. The number of halogens is 1. The zero-order valence-corrected chi connectivity index (χ0v) is 29.1. The second kappa shape index (κ2) is 17.7. The van der Waals surface area contributed by atoms with Crippen LogP contribution in [0.15, 0.2) is 71.4 Å². The standard InChI is InChI=1S/C36H44ClN3O9/c1-19-14-25-30(40-35(45)24-12-10-23(18-37)11-13-24)27(41)17-26(32(25)43)39-34(44)20(2)8-7-9-28(47-5)33(49-36(38)46)22(4)16-21(3)31(42)29(15-19)48-6/h7-14,16-17,21,28-29,31,33,41-43H,15,18H2,1-6H3,(H2,38,46)(H,39,44)(H,40,45)/b9-7?,19-14+,20-8+,22-16+/t21-,28-,29-,31+,33-/m0/s1. The number of aromatic hydroxyl groups is 2. The fourth-order valence-electron chi connectivity index (χ4n) is 5.34. The highest BCUT2D eigenvalue weighted by Gasteiger charge is 2.29. The van der Waals surface area contributed by atoms with Crippen molar-refractivity contribution in [2.75, 3.05) is 24.9 Å². The number of nitrogens with two attached hydrogens (primary N) is 1. The first-order valence-electron chi connectivity index (χ1n) is 15.5. The number of amides is 3. The molecule has 0 spiro atoms. The van der Waals surface area contributed by atoms with E-state index in [0.29, 0.717) is 11.1 Å². The highest BCUT2D eigenvalue weighted by atomic mass is 35.5. The van der Waals surface area contributed by atoms with Crippen molar-refractivity contribution in [3.05, 3.63) is 88.0 Å². The largest absolute Gasteiger partial charge is 0.506 e. The lowest BCUT2D eigenvalue weighted by molar-refractivity contribution is -0.112. The summed E-state index contributed by atoms with van der Waals surface area (Å²) in [5, 5.41) is 39.2. The van der Waals surface area contributed by atoms with Crippen LogP contribution in [0.3, 0.4) is 0 Å². The number of fused-ring (bicyclic) bond motifs is 2. The second-order valence-electron chi connectivity index (χ2n) is 11.8. The number of aliphatic hydroxyl groups excluding tert-OH is 1. The zero-order valence-electron chi connectivity index (χ0n) is 28.3. The van der Waals surface area contributed by atoms with Gasteiger partial charge in [-0.25, -0.2) is 4.79 Å². The number of methoxy groups -OCH3 is 2. The van der Waals surface area contributed by atoms with E-state index in [2.05, 4.69) is 10.6 Å². The first kappa shape index (κ1) is 38.8. The lowest BCUT2D eigenvalue weighted by atomic mass is 9.91. The number of hydrogen-bond donors (Lipinski definition) is 6. The van der Waals surface area contributed by atoms with E-state index < -0.39 is 59.7 Å². The molecule has 13 heteroatoms. The van der Waals surface area contributed by atoms with Crippen molar-refractivity contribution in [2.24, 2.45) is 11.7 Å². The number of benzene rings is 2. The Hall–Kier alpha value is -4.62. The maximum Gasteiger partial charge on any atom is 0.405 e. The Morgan fingerprint density at radius 2 is 1.78 bits per heavy atom. The summed E-state index contributed by atoms with van der Waals surface area (Å²) in [5.74, 6) is -2.26. The zero-order chi connectivity index (χ0) is 36.4. The van der Waals surface area contributed by atoms with Crippen LogP contribution in [0.5, 0.6) is 11.5 Å². The fraction of sp³-hybridized carbons (Fsp3) is 0.361. The van der Waals surface area contributed by atoms with Crippen molar-refractivity contribution in [3.8, 4) is 11.5 Å². The minimum Gasteiger partial charge on any atom is -0.506 e. The number of allylic oxidation sites excluding steroid dienone is 2. The van der Waals surface area contributed by atoms with Crippen LogP contribution in [0.25, 0.3) is 6.08 Å². The molecular formula is C36H44ClN3O9. The minimum atomic E-state index is -1.05. The van der Waals surface area contributed by atoms with Crippen LogP contribution in [-0.2, 0) is 24.9 Å². The number of hydrogen-bond acceptors (Lipinski definition) is 9. The van der Waals surface area contributed by atoms with Crippen molar-refractivity contribution in [3.63, 3.8) is 0 Å². The van der Waals surface area contributed by atoms with E-state index >= 15 is 0 Å². The van der Waals surface area contributed by atoms with Gasteiger partial charge in [-0.2, -0.15) is 0 Å². The Morgan fingerprint density at radius 1 is 1.10 bits per heavy atom. The fourth-order valence-corrected chi connectivity index (χ4v) is 5.52. The Labute approximate surface area is 290 Å². The number of nitrogens with one attached hydrogen (secondary N) is 2. The molecule has 49 heavy (non-hydrogen) atoms. The average Bonchev–Trinajstić information content (AvgIpc) is 3.07. The number of primary amides is 1. The molecular weight excluding hydrogens is 654 g/mol. The van der Waals surface area contributed by atoms with Gasteiger partial charge in [0.25, 0.3) is 11.8 Å². The summed E-state index contributed by atoms with van der Waals surface area (Å²) in [4.78, 5) is 38.2. The molecule has 264 valence electrons. The van der Waals surface area contributed by atoms with Gasteiger partial charge in [0.15, 0.2) is 6.10 Å². The SMILES string of the molecule is CO[C@H]1C=C/C=C(\C)C(=O)Nc2cc(O)c(NC(=O)c3ccc(CCl)cc3)c(c2O)/C=C(\C)C[C@H](OC)[C@H](O)[C@@H](C)/C=C(\C)[C@@H]1OC(N)=O. The van der Waals surface area contributed by atoms with Gasteiger partial charge in [0.1, 0.15) is 17.6 Å². The molecule has 5 atom stereocenters. The first-order valence-corrected chi connectivity index (χ1v) is 16.0. The summed E-state index contributed by atoms with van der Waals surface area (Å²) in [6.07, 6.45) is 3.42. The molecule has 0 aromatic heterocycles. The molecule has 0 saturated heterocycles. The molecule has 3 amide bonds. The summed E-state index contributed by atoms with van der Waals surface area (Å²) in [7, 11) is 2.86. The normalized spacial score (nSPS) is 25.5. The third-order valence-corrected chi connectivity index (χ3v) is 8.41. The smallest absolute Gasteiger partial charge is 0.405 e. The van der Waals surface area contributed by atoms with Crippen molar-refractivity contribution in [2.45, 2.75) is 64.4 Å². The minimum absolute atomic E-state index is 0.0143. The maximum atomic E-state index is 13.2. The Bertz CT molecular complexity index is 1650. The van der Waals surface area contributed by atoms with Crippen LogP contribution in [-0.4, -0.2) is 71.9 Å². The molecule has 3 rings (SSSR count). The highest BCUT2D eigenvalue weighted by Crippen LogP contribution is 2.42. The lowest BCUT2D eigenvalue weighted by Gasteiger charge is -2.28. The Morgan fingerprint density at radius 3 is 2.37 bits per heavy atom. The molecule has 2 aromatic rings. The lowest BCUT2D eigenvalue weighted by Crippen LogP contribution is -2.36. The molecule has 1 aliphatic rings. The van der Waals surface area contributed by atoms with Gasteiger partial charge in [-0.15, -0.1) is 11.6 Å². The van der Waals surface area contributed by atoms with E-state index in [4.69, 9.17) is 31.5 Å². The van der Waals surface area contributed by atoms with Crippen LogP contribution in [0, 0.1) is 5.92 Å². The van der Waals surface area contributed by atoms with Crippen LogP contribution in [0.1, 0.15) is 55.6 Å². The van der Waals surface area contributed by atoms with Crippen LogP contribution in [0.2, 0.25) is 0 Å². The van der Waals surface area contributed by atoms with Crippen molar-refractivity contribution < 1.29 is 43.9 Å². The third-order valence-electron chi connectivity index (χ3n) is 8.10. The monoisotopic (exact) mass is 697 g/mol. The van der Waals surface area contributed by atoms with Gasteiger partial charge in [-0.3, -0.25) is 9.59 Å². The second-order valence-corrected chi connectivity index (χ2v) is 12.1. The van der Waals surface area contributed by atoms with E-state index in [1.165, 1.54) is 39.4 Å². The maximum absolute atomic E-state index is 13.2. The summed E-state index contributed by atoms with van der Waals surface area (Å²) >= 11 is 5.88. The molecule has 0 aliphatic carbocycles. The molecule has 0 saturated carbocycles. The van der Waals surface area contributed by atoms with E-state index in [0.717, 1.165) is 11.6 Å². The predicted molar refractivity (Wildman–Crippen MR) is 188 cm³/mol. The predicted octanol–water partition coefficient (Wildman–Crippen LogP) is 5.77. The number of anilines is 2. The van der Waals surface area contributed by atoms with Gasteiger partial charge in [0.05, 0.1) is 23.6 Å². The van der Waals surface area contributed by atoms with Gasteiger partial charge in [0.2, 0.25) is 0 Å². The topological polar surface area (TPSA) is 190 Å². The van der Waals surface area contributed by atoms with Crippen LogP contribution < -0.4 is 16.4 Å². The van der Waals surface area contributed by atoms with Crippen LogP contribution in [0.4, 0.5) is 16.2 Å². The molecule has 7 N–H and O–H groups in total. The van der Waals surface area contributed by atoms with E-state index in [-0.39, 0.29) is 40.4 Å². The number of carbonyl (C=O) groups excluding carboxylic acids is 3. The van der Waals surface area contributed by atoms with Crippen molar-refractivity contribution in [1.29, 1.82) is 0 Å². The summed E-state index contributed by atoms with van der Waals surface area (Å²) in [5.41, 5.74) is 7.60. The summed E-state index contributed by atoms with van der Waals surface area (Å²) in [6, 6.07) is 7.69. The van der Waals surface area contributed by atoms with E-state index in [1.54, 1.807) is 57.2 Å². The van der Waals surface area contributed by atoms with Gasteiger partial charge < -0.3 is 45.9 Å². The highest BCUT2D eigenvalue weighted by molar-refractivity contribution is 6.17. The molecule has 2 aromatic carbocycles. The summed E-state index contributed by atoms with van der Waals surface area (Å²) in [6.45, 7) is 6.74. The first-order chi connectivity index (χ1) is 23.2. The number of rotatable bonds is 6. The number of alkyl halides is 1. The molecule has 12 nitrogen and oxygen atoms in total. The number of phenols is 2. The van der Waals surface area contributed by atoms with Crippen molar-refractivity contribution in [1.82, 2.24) is 0 Å². The van der Waals surface area contributed by atoms with Gasteiger partial charge in [-0.05, 0) is 56.5 Å². The number of carbonyl (C=O) groups is 3. The molecule has 2 bridgehead atoms. The van der Waals surface area contributed by atoms with E-state index in [9.17, 15) is 29.7 Å². The molecule has 1 heterocycles. The molecule has 0 unspecified atom stereocenters. The number of ether oxygens (including phenoxy) is 3.